The van der Waals surface area contributed by atoms with Gasteiger partial charge in [-0.1, -0.05) is 4.49 Å². The molecule has 1 unspecified atom stereocenters. The van der Waals surface area contributed by atoms with Crippen LogP contribution in [0.4, 0.5) is 13.2 Å². The minimum Gasteiger partial charge on any atom is -0.323 e. The molecular weight excluding hydrogens is 215 g/mol. The molecule has 7 heteroatoms. The summed E-state index contributed by atoms with van der Waals surface area (Å²) in [5.74, 6) is 0. The van der Waals surface area contributed by atoms with Crippen molar-refractivity contribution < 1.29 is 13.2 Å². The van der Waals surface area contributed by atoms with Crippen LogP contribution in [0.1, 0.15) is 30.2 Å². The fourth-order valence-electron chi connectivity index (χ4n) is 1.00. The van der Waals surface area contributed by atoms with Crippen molar-refractivity contribution in [3.05, 3.63) is 11.1 Å². The molecule has 1 atom stereocenters. The van der Waals surface area contributed by atoms with Crippen molar-refractivity contribution in [2.45, 2.75) is 31.5 Å². The summed E-state index contributed by atoms with van der Waals surface area (Å²) in [5.41, 5.74) is 5.63. The maximum Gasteiger partial charge on any atom is 0.389 e. The number of hydrogen-bond acceptors (Lipinski definition) is 4. The first-order valence-electron chi connectivity index (χ1n) is 4.08. The zero-order valence-corrected chi connectivity index (χ0v) is 8.11. The van der Waals surface area contributed by atoms with Crippen LogP contribution in [0.3, 0.4) is 0 Å². The number of nitrogens with zero attached hydrogens (tertiary/aromatic N) is 2. The first kappa shape index (κ1) is 11.4. The highest BCUT2D eigenvalue weighted by Crippen LogP contribution is 2.25. The van der Waals surface area contributed by atoms with Crippen molar-refractivity contribution in [3.8, 4) is 0 Å². The third kappa shape index (κ3) is 4.01. The minimum absolute atomic E-state index is 0.0442. The lowest BCUT2D eigenvalue weighted by atomic mass is 10.1. The molecule has 0 saturated carbocycles. The van der Waals surface area contributed by atoms with E-state index in [1.54, 1.807) is 0 Å². The van der Waals surface area contributed by atoms with E-state index in [9.17, 15) is 13.2 Å². The Kier molecular flexibility index (Phi) is 3.82. The Morgan fingerprint density at radius 3 is 2.71 bits per heavy atom. The molecule has 2 N–H and O–H groups in total. The average Bonchev–Trinajstić information content (AvgIpc) is 2.53. The van der Waals surface area contributed by atoms with Gasteiger partial charge in [0.2, 0.25) is 0 Å². The van der Waals surface area contributed by atoms with Crippen LogP contribution in [0.2, 0.25) is 0 Å². The van der Waals surface area contributed by atoms with Gasteiger partial charge in [-0.3, -0.25) is 0 Å². The third-order valence-electron chi connectivity index (χ3n) is 1.72. The molecule has 1 heterocycles. The lowest BCUT2D eigenvalue weighted by Crippen LogP contribution is -2.12. The Balaban J connectivity index is 2.26. The molecule has 3 nitrogen and oxygen atoms in total. The quantitative estimate of drug-likeness (QED) is 0.855. The second kappa shape index (κ2) is 4.70. The van der Waals surface area contributed by atoms with Crippen molar-refractivity contribution >= 4 is 11.5 Å². The summed E-state index contributed by atoms with van der Waals surface area (Å²) in [5, 5.41) is 3.57. The zero-order chi connectivity index (χ0) is 10.6. The Hall–Kier alpha value is -0.690. The van der Waals surface area contributed by atoms with Crippen LogP contribution >= 0.6 is 11.5 Å². The van der Waals surface area contributed by atoms with Crippen LogP contribution in [0.25, 0.3) is 0 Å². The van der Waals surface area contributed by atoms with Gasteiger partial charge in [0, 0.05) is 12.5 Å². The van der Waals surface area contributed by atoms with Gasteiger partial charge >= 0.3 is 6.18 Å². The zero-order valence-electron chi connectivity index (χ0n) is 7.29. The monoisotopic (exact) mass is 225 g/mol. The molecule has 0 aliphatic rings. The highest BCUT2D eigenvalue weighted by Gasteiger charge is 2.26. The van der Waals surface area contributed by atoms with Crippen LogP contribution < -0.4 is 5.73 Å². The van der Waals surface area contributed by atoms with Gasteiger partial charge < -0.3 is 5.73 Å². The van der Waals surface area contributed by atoms with Crippen molar-refractivity contribution in [3.63, 3.8) is 0 Å². The molecule has 0 aliphatic heterocycles. The topological polar surface area (TPSA) is 51.8 Å². The molecule has 0 bridgehead atoms. The smallest absolute Gasteiger partial charge is 0.323 e. The predicted molar refractivity (Wildman–Crippen MR) is 46.7 cm³/mol. The van der Waals surface area contributed by atoms with Crippen LogP contribution in [-0.2, 0) is 0 Å². The van der Waals surface area contributed by atoms with Crippen molar-refractivity contribution in [2.24, 2.45) is 5.73 Å². The summed E-state index contributed by atoms with van der Waals surface area (Å²) in [4.78, 5) is 0.729. The van der Waals surface area contributed by atoms with Gasteiger partial charge in [-0.05, 0) is 24.4 Å². The molecule has 0 fully saturated rings. The molecule has 0 aliphatic carbocycles. The van der Waals surface area contributed by atoms with Crippen LogP contribution in [0.15, 0.2) is 6.20 Å². The number of rotatable bonds is 4. The number of alkyl halides is 3. The SMILES string of the molecule is NC(CCCC(F)(F)F)c1cnns1. The fraction of sp³-hybridized carbons (Fsp3) is 0.714. The lowest BCUT2D eigenvalue weighted by Gasteiger charge is -2.09. The molecule has 14 heavy (non-hydrogen) atoms. The van der Waals surface area contributed by atoms with E-state index in [1.165, 1.54) is 6.20 Å². The van der Waals surface area contributed by atoms with Crippen molar-refractivity contribution in [1.29, 1.82) is 0 Å². The summed E-state index contributed by atoms with van der Waals surface area (Å²) in [7, 11) is 0. The van der Waals surface area contributed by atoms with E-state index in [-0.39, 0.29) is 12.5 Å². The predicted octanol–water partition coefficient (Wildman–Crippen LogP) is 2.27. The van der Waals surface area contributed by atoms with E-state index < -0.39 is 12.6 Å². The molecular formula is C7H10F3N3S. The second-order valence-electron chi connectivity index (χ2n) is 2.93. The standard InChI is InChI=1S/C7H10F3N3S/c8-7(9,10)3-1-2-5(11)6-4-12-13-14-6/h4-5H,1-3,11H2. The molecule has 0 saturated heterocycles. The lowest BCUT2D eigenvalue weighted by molar-refractivity contribution is -0.135. The van der Waals surface area contributed by atoms with Gasteiger partial charge in [0.15, 0.2) is 0 Å². The maximum absolute atomic E-state index is 11.8. The molecule has 1 aromatic rings. The molecule has 0 radical (unpaired) electrons. The number of halogens is 3. The summed E-state index contributed by atoms with van der Waals surface area (Å²) in [6, 6.07) is -0.377. The number of hydrogen-bond donors (Lipinski definition) is 1. The normalized spacial score (nSPS) is 14.3. The van der Waals surface area contributed by atoms with E-state index in [2.05, 4.69) is 9.59 Å². The Bertz CT molecular complexity index is 260. The fourth-order valence-corrected chi connectivity index (χ4v) is 1.54. The van der Waals surface area contributed by atoms with E-state index in [0.717, 1.165) is 16.4 Å². The number of nitrogens with two attached hydrogens (primary N) is 1. The minimum atomic E-state index is -4.09. The average molecular weight is 225 g/mol. The maximum atomic E-state index is 11.8. The summed E-state index contributed by atoms with van der Waals surface area (Å²) < 4.78 is 38.9. The number of aromatic nitrogens is 2. The Labute approximate surface area is 83.3 Å². The van der Waals surface area contributed by atoms with Crippen molar-refractivity contribution in [2.75, 3.05) is 0 Å². The third-order valence-corrected chi connectivity index (χ3v) is 2.51. The Morgan fingerprint density at radius 2 is 2.21 bits per heavy atom. The second-order valence-corrected chi connectivity index (χ2v) is 3.75. The van der Waals surface area contributed by atoms with Crippen molar-refractivity contribution in [1.82, 2.24) is 9.59 Å². The van der Waals surface area contributed by atoms with Crippen LogP contribution in [-0.4, -0.2) is 15.8 Å². The van der Waals surface area contributed by atoms with E-state index in [0.29, 0.717) is 6.42 Å². The molecule has 0 spiro atoms. The first-order valence-corrected chi connectivity index (χ1v) is 4.86. The van der Waals surface area contributed by atoms with E-state index in [1.807, 2.05) is 0 Å². The Morgan fingerprint density at radius 1 is 1.50 bits per heavy atom. The van der Waals surface area contributed by atoms with Gasteiger partial charge in [0.25, 0.3) is 0 Å². The molecule has 0 amide bonds. The molecule has 0 aromatic carbocycles. The largest absolute Gasteiger partial charge is 0.389 e. The van der Waals surface area contributed by atoms with E-state index in [4.69, 9.17) is 5.73 Å². The highest BCUT2D eigenvalue weighted by atomic mass is 32.1. The van der Waals surface area contributed by atoms with E-state index >= 15 is 0 Å². The van der Waals surface area contributed by atoms with Crippen LogP contribution in [0.5, 0.6) is 0 Å². The summed E-state index contributed by atoms with van der Waals surface area (Å²) in [6.45, 7) is 0. The van der Waals surface area contributed by atoms with Crippen LogP contribution in [0, 0.1) is 0 Å². The summed E-state index contributed by atoms with van der Waals surface area (Å²) >= 11 is 1.12. The summed E-state index contributed by atoms with van der Waals surface area (Å²) in [6.07, 6.45) is -3.03. The van der Waals surface area contributed by atoms with Gasteiger partial charge in [0.1, 0.15) is 0 Å². The first-order chi connectivity index (χ1) is 6.49. The van der Waals surface area contributed by atoms with Gasteiger partial charge in [-0.15, -0.1) is 5.10 Å². The van der Waals surface area contributed by atoms with Gasteiger partial charge in [-0.2, -0.15) is 13.2 Å². The molecule has 1 aromatic heterocycles. The van der Waals surface area contributed by atoms with Gasteiger partial charge in [-0.25, -0.2) is 0 Å². The molecule has 1 rings (SSSR count). The highest BCUT2D eigenvalue weighted by molar-refractivity contribution is 7.05. The van der Waals surface area contributed by atoms with Gasteiger partial charge in [0.05, 0.1) is 11.1 Å². The molecule has 80 valence electrons.